The van der Waals surface area contributed by atoms with Crippen molar-refractivity contribution in [2.45, 2.75) is 31.7 Å². The van der Waals surface area contributed by atoms with Crippen LogP contribution in [0.2, 0.25) is 0 Å². The van der Waals surface area contributed by atoms with Crippen LogP contribution in [0.4, 0.5) is 0 Å². The Labute approximate surface area is 103 Å². The van der Waals surface area contributed by atoms with Gasteiger partial charge in [-0.25, -0.2) is 8.42 Å². The molecular formula is C10H23NO3S2. The predicted molar refractivity (Wildman–Crippen MR) is 70.6 cm³/mol. The fourth-order valence-electron chi connectivity index (χ4n) is 1.21. The monoisotopic (exact) mass is 269 g/mol. The number of aliphatic hydroxyl groups excluding tert-OH is 1. The highest BCUT2D eigenvalue weighted by atomic mass is 32.2. The van der Waals surface area contributed by atoms with Crippen molar-refractivity contribution in [1.29, 1.82) is 0 Å². The lowest BCUT2D eigenvalue weighted by Gasteiger charge is -2.25. The maximum atomic E-state index is 10.8. The molecule has 0 aromatic heterocycles. The van der Waals surface area contributed by atoms with Crippen molar-refractivity contribution in [3.05, 3.63) is 0 Å². The molecule has 0 aliphatic rings. The molecule has 0 bridgehead atoms. The third kappa shape index (κ3) is 8.38. The summed E-state index contributed by atoms with van der Waals surface area (Å²) in [6.45, 7) is 1.98. The molecule has 6 heteroatoms. The van der Waals surface area contributed by atoms with Gasteiger partial charge in [0.05, 0.1) is 12.4 Å². The van der Waals surface area contributed by atoms with E-state index in [1.54, 1.807) is 11.8 Å². The Kier molecular flexibility index (Phi) is 7.63. The lowest BCUT2D eigenvalue weighted by atomic mass is 9.93. The van der Waals surface area contributed by atoms with E-state index in [2.05, 4.69) is 0 Å². The van der Waals surface area contributed by atoms with Crippen LogP contribution in [0.5, 0.6) is 0 Å². The zero-order chi connectivity index (χ0) is 12.7. The van der Waals surface area contributed by atoms with Crippen molar-refractivity contribution >= 4 is 21.6 Å². The standard InChI is InChI=1S/C10H23NO3S2/c1-3-10(11,9-12)5-4-6-15-7-8-16(2,13)14/h12H,3-9,11H2,1-2H3. The maximum Gasteiger partial charge on any atom is 0.148 e. The molecule has 0 heterocycles. The second-order valence-corrected chi connectivity index (χ2v) is 7.70. The molecule has 0 aromatic carbocycles. The third-order valence-electron chi connectivity index (χ3n) is 2.58. The van der Waals surface area contributed by atoms with Crippen LogP contribution in [0.1, 0.15) is 26.2 Å². The topological polar surface area (TPSA) is 80.4 Å². The summed E-state index contributed by atoms with van der Waals surface area (Å²) in [6, 6.07) is 0. The van der Waals surface area contributed by atoms with Gasteiger partial charge in [0.25, 0.3) is 0 Å². The Balaban J connectivity index is 3.54. The van der Waals surface area contributed by atoms with E-state index < -0.39 is 15.4 Å². The van der Waals surface area contributed by atoms with Gasteiger partial charge in [-0.15, -0.1) is 0 Å². The van der Waals surface area contributed by atoms with E-state index in [1.165, 1.54) is 6.26 Å². The second-order valence-electron chi connectivity index (χ2n) is 4.22. The first-order valence-electron chi connectivity index (χ1n) is 5.48. The molecule has 1 atom stereocenters. The highest BCUT2D eigenvalue weighted by molar-refractivity contribution is 8.00. The van der Waals surface area contributed by atoms with E-state index in [0.717, 1.165) is 25.0 Å². The van der Waals surface area contributed by atoms with Gasteiger partial charge in [0.15, 0.2) is 0 Å². The van der Waals surface area contributed by atoms with Gasteiger partial charge in [-0.2, -0.15) is 11.8 Å². The Hall–Kier alpha value is 0.220. The number of hydrogen-bond acceptors (Lipinski definition) is 5. The fourth-order valence-corrected chi connectivity index (χ4v) is 3.44. The average molecular weight is 269 g/mol. The van der Waals surface area contributed by atoms with Gasteiger partial charge in [-0.1, -0.05) is 6.92 Å². The molecule has 0 saturated carbocycles. The normalized spacial score (nSPS) is 16.0. The summed E-state index contributed by atoms with van der Waals surface area (Å²) in [7, 11) is -2.83. The van der Waals surface area contributed by atoms with Gasteiger partial charge >= 0.3 is 0 Å². The quantitative estimate of drug-likeness (QED) is 0.601. The van der Waals surface area contributed by atoms with Crippen LogP contribution in [0.25, 0.3) is 0 Å². The van der Waals surface area contributed by atoms with Gasteiger partial charge < -0.3 is 10.8 Å². The smallest absolute Gasteiger partial charge is 0.148 e. The molecule has 1 unspecified atom stereocenters. The van der Waals surface area contributed by atoms with Crippen LogP contribution in [-0.4, -0.2) is 49.2 Å². The molecule has 0 aliphatic carbocycles. The lowest BCUT2D eigenvalue weighted by Crippen LogP contribution is -2.42. The van der Waals surface area contributed by atoms with Gasteiger partial charge in [-0.3, -0.25) is 0 Å². The molecule has 0 radical (unpaired) electrons. The minimum atomic E-state index is -2.83. The summed E-state index contributed by atoms with van der Waals surface area (Å²) < 4.78 is 21.7. The summed E-state index contributed by atoms with van der Waals surface area (Å²) in [4.78, 5) is 0. The second kappa shape index (κ2) is 7.53. The largest absolute Gasteiger partial charge is 0.394 e. The van der Waals surface area contributed by atoms with Crippen molar-refractivity contribution in [2.24, 2.45) is 5.73 Å². The number of thioether (sulfide) groups is 1. The third-order valence-corrected chi connectivity index (χ3v) is 4.86. The van der Waals surface area contributed by atoms with Crippen molar-refractivity contribution in [1.82, 2.24) is 0 Å². The lowest BCUT2D eigenvalue weighted by molar-refractivity contribution is 0.182. The van der Waals surface area contributed by atoms with E-state index in [0.29, 0.717) is 5.75 Å². The fraction of sp³-hybridized carbons (Fsp3) is 1.00. The van der Waals surface area contributed by atoms with Crippen LogP contribution < -0.4 is 5.73 Å². The molecule has 3 N–H and O–H groups in total. The molecular weight excluding hydrogens is 246 g/mol. The van der Waals surface area contributed by atoms with Gasteiger partial charge in [-0.05, 0) is 25.0 Å². The SMILES string of the molecule is CCC(N)(CO)CCCSCCS(C)(=O)=O. The minimum Gasteiger partial charge on any atom is -0.394 e. The van der Waals surface area contributed by atoms with Gasteiger partial charge in [0.1, 0.15) is 9.84 Å². The summed E-state index contributed by atoms with van der Waals surface area (Å²) in [6.07, 6.45) is 3.71. The van der Waals surface area contributed by atoms with E-state index in [9.17, 15) is 8.42 Å². The number of nitrogens with two attached hydrogens (primary N) is 1. The Morgan fingerprint density at radius 3 is 2.44 bits per heavy atom. The van der Waals surface area contributed by atoms with Crippen LogP contribution in [0.3, 0.4) is 0 Å². The first-order valence-corrected chi connectivity index (χ1v) is 8.70. The zero-order valence-corrected chi connectivity index (χ0v) is 11.7. The highest BCUT2D eigenvalue weighted by Gasteiger charge is 2.20. The number of hydrogen-bond donors (Lipinski definition) is 2. The predicted octanol–water partition coefficient (Wildman–Crippen LogP) is 0.644. The Bertz CT molecular complexity index is 274. The molecule has 0 aliphatic heterocycles. The first-order chi connectivity index (χ1) is 7.33. The molecule has 0 aromatic rings. The van der Waals surface area contributed by atoms with Gasteiger partial charge in [0.2, 0.25) is 0 Å². The van der Waals surface area contributed by atoms with Crippen molar-refractivity contribution in [3.8, 4) is 0 Å². The van der Waals surface area contributed by atoms with Crippen LogP contribution in [0, 0.1) is 0 Å². The van der Waals surface area contributed by atoms with Gasteiger partial charge in [0, 0.05) is 17.5 Å². The minimum absolute atomic E-state index is 0.0114. The van der Waals surface area contributed by atoms with E-state index in [-0.39, 0.29) is 12.4 Å². The van der Waals surface area contributed by atoms with Crippen molar-refractivity contribution < 1.29 is 13.5 Å². The van der Waals surface area contributed by atoms with Crippen molar-refractivity contribution in [3.63, 3.8) is 0 Å². The molecule has 0 spiro atoms. The average Bonchev–Trinajstić information content (AvgIpc) is 2.21. The summed E-state index contributed by atoms with van der Waals surface area (Å²) in [5.74, 6) is 1.77. The van der Waals surface area contributed by atoms with E-state index >= 15 is 0 Å². The number of sulfone groups is 1. The summed E-state index contributed by atoms with van der Waals surface area (Å²) >= 11 is 1.63. The van der Waals surface area contributed by atoms with Crippen LogP contribution in [-0.2, 0) is 9.84 Å². The van der Waals surface area contributed by atoms with Crippen LogP contribution >= 0.6 is 11.8 Å². The molecule has 16 heavy (non-hydrogen) atoms. The molecule has 0 saturated heterocycles. The molecule has 0 rings (SSSR count). The summed E-state index contributed by atoms with van der Waals surface area (Å²) in [5, 5.41) is 9.08. The molecule has 4 nitrogen and oxygen atoms in total. The zero-order valence-electron chi connectivity index (χ0n) is 10.1. The van der Waals surface area contributed by atoms with Crippen molar-refractivity contribution in [2.75, 3.05) is 30.1 Å². The number of aliphatic hydroxyl groups is 1. The molecule has 98 valence electrons. The van der Waals surface area contributed by atoms with E-state index in [4.69, 9.17) is 10.8 Å². The molecule has 0 amide bonds. The van der Waals surface area contributed by atoms with Crippen LogP contribution in [0.15, 0.2) is 0 Å². The maximum absolute atomic E-state index is 10.8. The highest BCUT2D eigenvalue weighted by Crippen LogP contribution is 2.15. The summed E-state index contributed by atoms with van der Waals surface area (Å²) in [5.41, 5.74) is 5.46. The Morgan fingerprint density at radius 1 is 1.38 bits per heavy atom. The van der Waals surface area contributed by atoms with E-state index in [1.807, 2.05) is 6.92 Å². The molecule has 0 fully saturated rings. The first kappa shape index (κ1) is 16.2. The Morgan fingerprint density at radius 2 is 2.00 bits per heavy atom. The number of rotatable bonds is 9.